The molecule has 1 aromatic carbocycles. The van der Waals surface area contributed by atoms with E-state index in [2.05, 4.69) is 28.9 Å². The number of nitrogens with two attached hydrogens (primary N) is 1. The molecule has 4 nitrogen and oxygen atoms in total. The number of aryl methyl sites for hydroxylation is 1. The van der Waals surface area contributed by atoms with Gasteiger partial charge in [-0.15, -0.1) is 24.0 Å². The van der Waals surface area contributed by atoms with E-state index < -0.39 is 0 Å². The Morgan fingerprint density at radius 3 is 2.77 bits per heavy atom. The van der Waals surface area contributed by atoms with Crippen molar-refractivity contribution in [2.24, 2.45) is 16.6 Å². The molecular formula is C17H28IN3O. The molecule has 5 heteroatoms. The number of ether oxygens (including phenoxy) is 1. The number of hydrogen-bond donors (Lipinski definition) is 1. The SMILES string of the molecule is COc1cccc(CCCN=C(N)N2CCC(C)CC2)c1.I. The van der Waals surface area contributed by atoms with Gasteiger partial charge in [0.25, 0.3) is 0 Å². The first-order valence-electron chi connectivity index (χ1n) is 7.87. The minimum atomic E-state index is 0. The Bertz CT molecular complexity index is 471. The van der Waals surface area contributed by atoms with Crippen LogP contribution in [-0.4, -0.2) is 37.6 Å². The lowest BCUT2D eigenvalue weighted by Gasteiger charge is -2.31. The van der Waals surface area contributed by atoms with Gasteiger partial charge >= 0.3 is 0 Å². The van der Waals surface area contributed by atoms with Gasteiger partial charge in [-0.2, -0.15) is 0 Å². The topological polar surface area (TPSA) is 50.9 Å². The molecule has 1 aromatic rings. The van der Waals surface area contributed by atoms with Crippen LogP contribution in [0.25, 0.3) is 0 Å². The summed E-state index contributed by atoms with van der Waals surface area (Å²) in [5.41, 5.74) is 7.36. The number of benzene rings is 1. The van der Waals surface area contributed by atoms with Crippen LogP contribution in [0.1, 0.15) is 31.7 Å². The number of piperidine rings is 1. The van der Waals surface area contributed by atoms with E-state index >= 15 is 0 Å². The number of guanidine groups is 1. The van der Waals surface area contributed by atoms with E-state index in [1.165, 1.54) is 18.4 Å². The van der Waals surface area contributed by atoms with E-state index in [0.29, 0.717) is 5.96 Å². The van der Waals surface area contributed by atoms with Gasteiger partial charge in [0.2, 0.25) is 0 Å². The van der Waals surface area contributed by atoms with Gasteiger partial charge in [0.1, 0.15) is 5.75 Å². The third-order valence-corrected chi connectivity index (χ3v) is 4.14. The molecule has 0 unspecified atom stereocenters. The van der Waals surface area contributed by atoms with E-state index in [-0.39, 0.29) is 24.0 Å². The summed E-state index contributed by atoms with van der Waals surface area (Å²) in [5.74, 6) is 2.45. The fourth-order valence-corrected chi connectivity index (χ4v) is 2.64. The van der Waals surface area contributed by atoms with Gasteiger partial charge < -0.3 is 15.4 Å². The minimum Gasteiger partial charge on any atom is -0.497 e. The molecule has 2 rings (SSSR count). The Balaban J connectivity index is 0.00000242. The highest BCUT2D eigenvalue weighted by molar-refractivity contribution is 14.0. The van der Waals surface area contributed by atoms with Gasteiger partial charge in [-0.1, -0.05) is 19.1 Å². The molecule has 1 aliphatic rings. The van der Waals surface area contributed by atoms with Crippen LogP contribution >= 0.6 is 24.0 Å². The zero-order valence-corrected chi connectivity index (χ0v) is 16.0. The molecule has 0 bridgehead atoms. The number of aliphatic imine (C=N–C) groups is 1. The van der Waals surface area contributed by atoms with Gasteiger partial charge in [-0.3, -0.25) is 4.99 Å². The number of hydrogen-bond acceptors (Lipinski definition) is 2. The highest BCUT2D eigenvalue weighted by Gasteiger charge is 2.16. The first-order valence-corrected chi connectivity index (χ1v) is 7.87. The second kappa shape index (κ2) is 9.92. The van der Waals surface area contributed by atoms with E-state index in [0.717, 1.165) is 44.1 Å². The maximum Gasteiger partial charge on any atom is 0.191 e. The molecule has 124 valence electrons. The zero-order chi connectivity index (χ0) is 15.1. The molecule has 0 spiro atoms. The van der Waals surface area contributed by atoms with E-state index in [9.17, 15) is 0 Å². The normalized spacial score (nSPS) is 16.3. The molecule has 0 aliphatic carbocycles. The van der Waals surface area contributed by atoms with Crippen LogP contribution < -0.4 is 10.5 Å². The van der Waals surface area contributed by atoms with Crippen LogP contribution in [0.2, 0.25) is 0 Å². The fourth-order valence-electron chi connectivity index (χ4n) is 2.64. The van der Waals surface area contributed by atoms with Crippen molar-refractivity contribution in [1.29, 1.82) is 0 Å². The summed E-state index contributed by atoms with van der Waals surface area (Å²) >= 11 is 0. The standard InChI is InChI=1S/C17H27N3O.HI/c1-14-8-11-20(12-9-14)17(18)19-10-4-6-15-5-3-7-16(13-15)21-2;/h3,5,7,13-14H,4,6,8-12H2,1-2H3,(H2,18,19);1H. The minimum absolute atomic E-state index is 0. The molecule has 0 saturated carbocycles. The monoisotopic (exact) mass is 417 g/mol. The second-order valence-electron chi connectivity index (χ2n) is 5.86. The van der Waals surface area contributed by atoms with Gasteiger partial charge in [-0.25, -0.2) is 0 Å². The van der Waals surface area contributed by atoms with Crippen molar-refractivity contribution >= 4 is 29.9 Å². The predicted molar refractivity (Wildman–Crippen MR) is 103 cm³/mol. The lowest BCUT2D eigenvalue weighted by molar-refractivity contribution is 0.277. The summed E-state index contributed by atoms with van der Waals surface area (Å²) in [7, 11) is 1.70. The molecule has 1 fully saturated rings. The Kier molecular flexibility index (Phi) is 8.60. The lowest BCUT2D eigenvalue weighted by atomic mass is 10.00. The summed E-state index contributed by atoms with van der Waals surface area (Å²) < 4.78 is 5.23. The lowest BCUT2D eigenvalue weighted by Crippen LogP contribution is -2.42. The number of nitrogens with zero attached hydrogens (tertiary/aromatic N) is 2. The Hall–Kier alpha value is -0.980. The van der Waals surface area contributed by atoms with Gasteiger partial charge in [0, 0.05) is 19.6 Å². The molecule has 1 aliphatic heterocycles. The van der Waals surface area contributed by atoms with Crippen molar-refractivity contribution in [2.45, 2.75) is 32.6 Å². The fraction of sp³-hybridized carbons (Fsp3) is 0.588. The first kappa shape index (κ1) is 19.1. The van der Waals surface area contributed by atoms with E-state index in [1.807, 2.05) is 12.1 Å². The molecule has 1 heterocycles. The highest BCUT2D eigenvalue weighted by Crippen LogP contribution is 2.16. The van der Waals surface area contributed by atoms with Crippen LogP contribution in [0.4, 0.5) is 0 Å². The van der Waals surface area contributed by atoms with Crippen molar-refractivity contribution in [1.82, 2.24) is 4.90 Å². The highest BCUT2D eigenvalue weighted by atomic mass is 127. The summed E-state index contributed by atoms with van der Waals surface area (Å²) in [6.45, 7) is 5.19. The number of halogens is 1. The molecule has 0 atom stereocenters. The van der Waals surface area contributed by atoms with Gasteiger partial charge in [0.15, 0.2) is 5.96 Å². The molecule has 0 amide bonds. The number of rotatable bonds is 5. The quantitative estimate of drug-likeness (QED) is 0.346. The second-order valence-corrected chi connectivity index (χ2v) is 5.86. The maximum atomic E-state index is 6.07. The molecule has 1 saturated heterocycles. The maximum absolute atomic E-state index is 6.07. The molecule has 22 heavy (non-hydrogen) atoms. The summed E-state index contributed by atoms with van der Waals surface area (Å²) in [6.07, 6.45) is 4.46. The van der Waals surface area contributed by atoms with Crippen LogP contribution in [0.3, 0.4) is 0 Å². The summed E-state index contributed by atoms with van der Waals surface area (Å²) in [6, 6.07) is 8.21. The number of likely N-dealkylation sites (tertiary alicyclic amines) is 1. The first-order chi connectivity index (χ1) is 10.2. The summed E-state index contributed by atoms with van der Waals surface area (Å²) in [4.78, 5) is 6.73. The predicted octanol–water partition coefficient (Wildman–Crippen LogP) is 3.29. The van der Waals surface area contributed by atoms with Crippen molar-refractivity contribution < 1.29 is 4.74 Å². The molecule has 0 radical (unpaired) electrons. The van der Waals surface area contributed by atoms with E-state index in [1.54, 1.807) is 7.11 Å². The van der Waals surface area contributed by atoms with Crippen LogP contribution in [0, 0.1) is 5.92 Å². The zero-order valence-electron chi connectivity index (χ0n) is 13.6. The van der Waals surface area contributed by atoms with Crippen molar-refractivity contribution in [3.63, 3.8) is 0 Å². The Morgan fingerprint density at radius 2 is 2.09 bits per heavy atom. The largest absolute Gasteiger partial charge is 0.497 e. The van der Waals surface area contributed by atoms with E-state index in [4.69, 9.17) is 10.5 Å². The van der Waals surface area contributed by atoms with Crippen molar-refractivity contribution in [3.05, 3.63) is 29.8 Å². The average Bonchev–Trinajstić information content (AvgIpc) is 2.52. The van der Waals surface area contributed by atoms with Crippen LogP contribution in [0.5, 0.6) is 5.75 Å². The molecular weight excluding hydrogens is 389 g/mol. The van der Waals surface area contributed by atoms with Crippen LogP contribution in [-0.2, 0) is 6.42 Å². The molecule has 0 aromatic heterocycles. The smallest absolute Gasteiger partial charge is 0.191 e. The third-order valence-electron chi connectivity index (χ3n) is 4.14. The van der Waals surface area contributed by atoms with Crippen molar-refractivity contribution in [3.8, 4) is 5.75 Å². The van der Waals surface area contributed by atoms with Gasteiger partial charge in [0.05, 0.1) is 7.11 Å². The number of methoxy groups -OCH3 is 1. The summed E-state index contributed by atoms with van der Waals surface area (Å²) in [5, 5.41) is 0. The third kappa shape index (κ3) is 6.02. The Labute approximate surface area is 151 Å². The molecule has 2 N–H and O–H groups in total. The van der Waals surface area contributed by atoms with Gasteiger partial charge in [-0.05, 0) is 49.3 Å². The van der Waals surface area contributed by atoms with Crippen molar-refractivity contribution in [2.75, 3.05) is 26.7 Å². The van der Waals surface area contributed by atoms with Crippen LogP contribution in [0.15, 0.2) is 29.3 Å². The Morgan fingerprint density at radius 1 is 1.36 bits per heavy atom. The average molecular weight is 417 g/mol.